The molecule has 0 bridgehead atoms. The quantitative estimate of drug-likeness (QED) is 0.824. The van der Waals surface area contributed by atoms with E-state index in [4.69, 9.17) is 0 Å². The van der Waals surface area contributed by atoms with Crippen molar-refractivity contribution in [2.75, 3.05) is 0 Å². The minimum Gasteiger partial charge on any atom is -0.245 e. The van der Waals surface area contributed by atoms with Crippen LogP contribution in [0.25, 0.3) is 0 Å². The first-order valence-corrected chi connectivity index (χ1v) is 5.49. The lowest BCUT2D eigenvalue weighted by atomic mass is 10.1. The first-order valence-electron chi connectivity index (χ1n) is 3.91. The highest BCUT2D eigenvalue weighted by Crippen LogP contribution is 2.46. The van der Waals surface area contributed by atoms with Crippen molar-refractivity contribution in [1.29, 1.82) is 0 Å². The van der Waals surface area contributed by atoms with Crippen molar-refractivity contribution < 1.29 is 0 Å². The van der Waals surface area contributed by atoms with Gasteiger partial charge in [-0.1, -0.05) is 28.1 Å². The van der Waals surface area contributed by atoms with Crippen LogP contribution in [0.1, 0.15) is 18.4 Å². The minimum atomic E-state index is 0.223. The molecule has 0 spiro atoms. The predicted molar refractivity (Wildman–Crippen MR) is 57.1 cm³/mol. The van der Waals surface area contributed by atoms with Gasteiger partial charge in [-0.15, -0.1) is 0 Å². The number of hydrogen-bond acceptors (Lipinski definition) is 1. The third-order valence-electron chi connectivity index (χ3n) is 2.33. The highest BCUT2D eigenvalue weighted by Gasteiger charge is 2.43. The van der Waals surface area contributed by atoms with Crippen LogP contribution in [-0.4, -0.2) is 0 Å². The third kappa shape index (κ3) is 1.45. The Hall–Kier alpha value is 0.140. The number of rotatable bonds is 2. The zero-order valence-electron chi connectivity index (χ0n) is 6.48. The van der Waals surface area contributed by atoms with Gasteiger partial charge >= 0.3 is 0 Å². The third-order valence-corrected chi connectivity index (χ3v) is 3.62. The van der Waals surface area contributed by atoms with E-state index in [1.54, 1.807) is 0 Å². The lowest BCUT2D eigenvalue weighted by Crippen LogP contribution is -2.18. The SMILES string of the molecule is BrNC1(c2ccc(Br)cc2)CC1. The summed E-state index contributed by atoms with van der Waals surface area (Å²) in [7, 11) is 0. The number of nitrogens with one attached hydrogen (secondary N) is 1. The molecule has 0 aromatic heterocycles. The van der Waals surface area contributed by atoms with Crippen LogP contribution >= 0.6 is 32.1 Å². The molecule has 1 saturated carbocycles. The summed E-state index contributed by atoms with van der Waals surface area (Å²) in [5, 5.41) is 0. The van der Waals surface area contributed by atoms with Crippen LogP contribution < -0.4 is 4.34 Å². The molecule has 0 heterocycles. The van der Waals surface area contributed by atoms with E-state index in [0.717, 1.165) is 4.47 Å². The van der Waals surface area contributed by atoms with E-state index in [2.05, 4.69) is 60.7 Å². The fraction of sp³-hybridized carbons (Fsp3) is 0.333. The van der Waals surface area contributed by atoms with Crippen LogP contribution in [-0.2, 0) is 5.54 Å². The summed E-state index contributed by atoms with van der Waals surface area (Å²) < 4.78 is 4.32. The van der Waals surface area contributed by atoms with Crippen molar-refractivity contribution in [2.45, 2.75) is 18.4 Å². The lowest BCUT2D eigenvalue weighted by molar-refractivity contribution is 0.689. The Labute approximate surface area is 89.0 Å². The largest absolute Gasteiger partial charge is 0.245 e. The average molecular weight is 291 g/mol. The van der Waals surface area contributed by atoms with Gasteiger partial charge in [-0.05, 0) is 30.5 Å². The number of halogens is 2. The Kier molecular flexibility index (Phi) is 2.27. The molecule has 0 aliphatic heterocycles. The zero-order valence-corrected chi connectivity index (χ0v) is 9.65. The molecule has 64 valence electrons. The number of benzene rings is 1. The molecule has 12 heavy (non-hydrogen) atoms. The van der Waals surface area contributed by atoms with E-state index in [1.165, 1.54) is 18.4 Å². The second-order valence-electron chi connectivity index (χ2n) is 3.18. The summed E-state index contributed by atoms with van der Waals surface area (Å²) in [5.74, 6) is 0. The summed E-state index contributed by atoms with van der Waals surface area (Å²) in [6, 6.07) is 8.48. The molecular formula is C9H9Br2N. The van der Waals surface area contributed by atoms with Crippen LogP contribution in [0.4, 0.5) is 0 Å². The van der Waals surface area contributed by atoms with Crippen LogP contribution in [0, 0.1) is 0 Å². The molecule has 1 aromatic rings. The molecular weight excluding hydrogens is 282 g/mol. The van der Waals surface area contributed by atoms with Crippen molar-refractivity contribution in [3.05, 3.63) is 34.3 Å². The van der Waals surface area contributed by atoms with Crippen molar-refractivity contribution in [3.63, 3.8) is 0 Å². The molecule has 1 aliphatic carbocycles. The number of hydrogen-bond donors (Lipinski definition) is 1. The molecule has 1 aromatic carbocycles. The van der Waals surface area contributed by atoms with Gasteiger partial charge in [0.25, 0.3) is 0 Å². The van der Waals surface area contributed by atoms with E-state index in [1.807, 2.05) is 0 Å². The Balaban J connectivity index is 2.29. The van der Waals surface area contributed by atoms with E-state index >= 15 is 0 Å². The van der Waals surface area contributed by atoms with Crippen molar-refractivity contribution in [2.24, 2.45) is 0 Å². The maximum atomic E-state index is 3.42. The van der Waals surface area contributed by atoms with E-state index in [9.17, 15) is 0 Å². The summed E-state index contributed by atoms with van der Waals surface area (Å²) in [4.78, 5) is 0. The van der Waals surface area contributed by atoms with Gasteiger partial charge in [-0.2, -0.15) is 0 Å². The Morgan fingerprint density at radius 2 is 1.75 bits per heavy atom. The molecule has 1 N–H and O–H groups in total. The lowest BCUT2D eigenvalue weighted by Gasteiger charge is -2.12. The van der Waals surface area contributed by atoms with Crippen LogP contribution in [0.5, 0.6) is 0 Å². The van der Waals surface area contributed by atoms with E-state index < -0.39 is 0 Å². The van der Waals surface area contributed by atoms with Gasteiger partial charge in [-0.25, -0.2) is 4.34 Å². The molecule has 0 saturated heterocycles. The van der Waals surface area contributed by atoms with Crippen LogP contribution in [0.3, 0.4) is 0 Å². The van der Waals surface area contributed by atoms with Gasteiger partial charge in [0, 0.05) is 20.6 Å². The predicted octanol–water partition coefficient (Wildman–Crippen LogP) is 3.34. The van der Waals surface area contributed by atoms with E-state index in [-0.39, 0.29) is 5.54 Å². The van der Waals surface area contributed by atoms with E-state index in [0.29, 0.717) is 0 Å². The van der Waals surface area contributed by atoms with Crippen molar-refractivity contribution in [3.8, 4) is 0 Å². The summed E-state index contributed by atoms with van der Waals surface area (Å²) in [6.45, 7) is 0. The van der Waals surface area contributed by atoms with Crippen LogP contribution in [0.2, 0.25) is 0 Å². The van der Waals surface area contributed by atoms with Gasteiger partial charge < -0.3 is 0 Å². The van der Waals surface area contributed by atoms with Gasteiger partial charge in [0.15, 0.2) is 0 Å². The molecule has 2 rings (SSSR count). The maximum absolute atomic E-state index is 3.42. The summed E-state index contributed by atoms with van der Waals surface area (Å²) >= 11 is 6.75. The normalized spacial score (nSPS) is 19.2. The molecule has 0 unspecified atom stereocenters. The van der Waals surface area contributed by atoms with Gasteiger partial charge in [0.1, 0.15) is 0 Å². The summed E-state index contributed by atoms with van der Waals surface area (Å²) in [6.07, 6.45) is 2.44. The standard InChI is InChI=1S/C9H9Br2N/c10-8-3-1-7(2-4-8)9(12-11)5-6-9/h1-4,12H,5-6H2. The average Bonchev–Trinajstić information content (AvgIpc) is 2.86. The molecule has 0 atom stereocenters. The highest BCUT2D eigenvalue weighted by molar-refractivity contribution is 9.10. The molecule has 1 nitrogen and oxygen atoms in total. The second-order valence-corrected chi connectivity index (χ2v) is 4.50. The molecule has 0 amide bonds. The molecule has 1 fully saturated rings. The topological polar surface area (TPSA) is 12.0 Å². The van der Waals surface area contributed by atoms with Crippen molar-refractivity contribution >= 4 is 32.1 Å². The maximum Gasteiger partial charge on any atom is 0.0536 e. The van der Waals surface area contributed by atoms with Crippen LogP contribution in [0.15, 0.2) is 28.7 Å². The Morgan fingerprint density at radius 1 is 1.17 bits per heavy atom. The fourth-order valence-electron chi connectivity index (χ4n) is 1.33. The first-order chi connectivity index (χ1) is 5.77. The van der Waals surface area contributed by atoms with Gasteiger partial charge in [0.2, 0.25) is 0 Å². The summed E-state index contributed by atoms with van der Waals surface area (Å²) in [5.41, 5.74) is 1.59. The minimum absolute atomic E-state index is 0.223. The van der Waals surface area contributed by atoms with Crippen molar-refractivity contribution in [1.82, 2.24) is 4.34 Å². The zero-order chi connectivity index (χ0) is 8.60. The first kappa shape index (κ1) is 8.73. The Morgan fingerprint density at radius 3 is 2.17 bits per heavy atom. The van der Waals surface area contributed by atoms with Gasteiger partial charge in [-0.3, -0.25) is 0 Å². The smallest absolute Gasteiger partial charge is 0.0536 e. The van der Waals surface area contributed by atoms with Gasteiger partial charge in [0.05, 0.1) is 5.54 Å². The fourth-order valence-corrected chi connectivity index (χ4v) is 2.22. The molecule has 3 heteroatoms. The molecule has 0 radical (unpaired) electrons. The monoisotopic (exact) mass is 289 g/mol. The Bertz CT molecular complexity index is 277. The highest BCUT2D eigenvalue weighted by atomic mass is 79.9. The molecule has 1 aliphatic rings. The second kappa shape index (κ2) is 3.13.